The van der Waals surface area contributed by atoms with Gasteiger partial charge in [0, 0.05) is 43.5 Å². The molecule has 0 aliphatic carbocycles. The Labute approximate surface area is 210 Å². The van der Waals surface area contributed by atoms with Crippen molar-refractivity contribution < 1.29 is 19.1 Å². The summed E-state index contributed by atoms with van der Waals surface area (Å²) >= 11 is 6.59. The summed E-state index contributed by atoms with van der Waals surface area (Å²) in [5.74, 6) is 0.770. The van der Waals surface area contributed by atoms with E-state index in [0.717, 1.165) is 16.8 Å². The Morgan fingerprint density at radius 2 is 1.63 bits per heavy atom. The highest BCUT2D eigenvalue weighted by Crippen LogP contribution is 2.31. The van der Waals surface area contributed by atoms with Crippen molar-refractivity contribution in [1.82, 2.24) is 4.90 Å². The van der Waals surface area contributed by atoms with Crippen LogP contribution in [0.3, 0.4) is 0 Å². The van der Waals surface area contributed by atoms with Crippen molar-refractivity contribution in [2.45, 2.75) is 6.92 Å². The lowest BCUT2D eigenvalue weighted by Crippen LogP contribution is -2.49. The van der Waals surface area contributed by atoms with E-state index in [-0.39, 0.29) is 11.8 Å². The van der Waals surface area contributed by atoms with Gasteiger partial charge >= 0.3 is 0 Å². The van der Waals surface area contributed by atoms with Crippen LogP contribution in [0.15, 0.2) is 60.7 Å². The summed E-state index contributed by atoms with van der Waals surface area (Å²) in [6.45, 7) is 4.52. The third-order valence-corrected chi connectivity index (χ3v) is 6.44. The number of amides is 2. The first kappa shape index (κ1) is 24.4. The van der Waals surface area contributed by atoms with Crippen LogP contribution in [0.2, 0.25) is 5.02 Å². The number of rotatable bonds is 6. The third kappa shape index (κ3) is 5.35. The standard InChI is InChI=1S/C27H28ClN3O4/c1-18-6-4-5-7-21(18)27(33)31-14-12-30(13-15-31)24-11-8-19(16-23(24)28)29-26(32)22-10-9-20(34-2)17-25(22)35-3/h4-11,16-17H,12-15H2,1-3H3,(H,29,32). The minimum Gasteiger partial charge on any atom is -0.497 e. The number of methoxy groups -OCH3 is 2. The van der Waals surface area contributed by atoms with Crippen molar-refractivity contribution in [3.8, 4) is 11.5 Å². The average Bonchev–Trinajstić information content (AvgIpc) is 2.88. The number of hydrogen-bond donors (Lipinski definition) is 1. The van der Waals surface area contributed by atoms with E-state index >= 15 is 0 Å². The predicted octanol–water partition coefficient (Wildman–Crippen LogP) is 4.88. The molecule has 0 atom stereocenters. The molecular weight excluding hydrogens is 466 g/mol. The third-order valence-electron chi connectivity index (χ3n) is 6.14. The van der Waals surface area contributed by atoms with Crippen LogP contribution in [0.1, 0.15) is 26.3 Å². The van der Waals surface area contributed by atoms with Gasteiger partial charge in [-0.2, -0.15) is 0 Å². The topological polar surface area (TPSA) is 71.1 Å². The normalized spacial score (nSPS) is 13.4. The molecule has 35 heavy (non-hydrogen) atoms. The van der Waals surface area contributed by atoms with Gasteiger partial charge in [0.15, 0.2) is 0 Å². The Balaban J connectivity index is 1.41. The van der Waals surface area contributed by atoms with E-state index in [0.29, 0.717) is 54.0 Å². The maximum Gasteiger partial charge on any atom is 0.259 e. The van der Waals surface area contributed by atoms with Crippen LogP contribution in [0.25, 0.3) is 0 Å². The summed E-state index contributed by atoms with van der Waals surface area (Å²) in [5.41, 5.74) is 3.56. The summed E-state index contributed by atoms with van der Waals surface area (Å²) < 4.78 is 10.5. The molecule has 1 aliphatic rings. The number of anilines is 2. The Morgan fingerprint density at radius 1 is 0.886 bits per heavy atom. The van der Waals surface area contributed by atoms with E-state index < -0.39 is 0 Å². The Morgan fingerprint density at radius 3 is 2.29 bits per heavy atom. The molecule has 0 aromatic heterocycles. The molecule has 3 aromatic rings. The Kier molecular flexibility index (Phi) is 7.46. The van der Waals surface area contributed by atoms with Gasteiger partial charge in [-0.25, -0.2) is 0 Å². The number of nitrogens with one attached hydrogen (secondary N) is 1. The number of piperazine rings is 1. The molecule has 8 heteroatoms. The van der Waals surface area contributed by atoms with Gasteiger partial charge < -0.3 is 24.6 Å². The van der Waals surface area contributed by atoms with E-state index in [1.54, 1.807) is 31.4 Å². The van der Waals surface area contributed by atoms with Gasteiger partial charge in [-0.05, 0) is 48.9 Å². The largest absolute Gasteiger partial charge is 0.497 e. The number of aryl methyl sites for hydroxylation is 1. The van der Waals surface area contributed by atoms with E-state index in [1.807, 2.05) is 48.2 Å². The highest BCUT2D eigenvalue weighted by molar-refractivity contribution is 6.33. The van der Waals surface area contributed by atoms with Crippen molar-refractivity contribution in [2.75, 3.05) is 50.6 Å². The van der Waals surface area contributed by atoms with Crippen molar-refractivity contribution in [1.29, 1.82) is 0 Å². The molecular formula is C27H28ClN3O4. The van der Waals surface area contributed by atoms with Crippen molar-refractivity contribution in [3.05, 3.63) is 82.4 Å². The van der Waals surface area contributed by atoms with Gasteiger partial charge in [0.2, 0.25) is 0 Å². The molecule has 0 bridgehead atoms. The lowest BCUT2D eigenvalue weighted by molar-refractivity contribution is 0.0746. The zero-order chi connectivity index (χ0) is 24.9. The second-order valence-electron chi connectivity index (χ2n) is 8.28. The molecule has 4 rings (SSSR count). The van der Waals surface area contributed by atoms with E-state index in [9.17, 15) is 9.59 Å². The van der Waals surface area contributed by atoms with Crippen LogP contribution < -0.4 is 19.7 Å². The van der Waals surface area contributed by atoms with Crippen molar-refractivity contribution in [2.24, 2.45) is 0 Å². The fourth-order valence-electron chi connectivity index (χ4n) is 4.16. The average molecular weight is 494 g/mol. The highest BCUT2D eigenvalue weighted by Gasteiger charge is 2.24. The zero-order valence-corrected chi connectivity index (χ0v) is 20.8. The lowest BCUT2D eigenvalue weighted by Gasteiger charge is -2.36. The molecule has 0 saturated carbocycles. The summed E-state index contributed by atoms with van der Waals surface area (Å²) in [7, 11) is 3.06. The molecule has 0 spiro atoms. The first-order chi connectivity index (χ1) is 16.9. The van der Waals surface area contributed by atoms with Crippen LogP contribution in [-0.2, 0) is 0 Å². The second-order valence-corrected chi connectivity index (χ2v) is 8.69. The van der Waals surface area contributed by atoms with Crippen LogP contribution in [-0.4, -0.2) is 57.1 Å². The van der Waals surface area contributed by atoms with Crippen LogP contribution >= 0.6 is 11.6 Å². The Hall–Kier alpha value is -3.71. The molecule has 1 saturated heterocycles. The van der Waals surface area contributed by atoms with Crippen LogP contribution in [0.5, 0.6) is 11.5 Å². The molecule has 1 heterocycles. The SMILES string of the molecule is COc1ccc(C(=O)Nc2ccc(N3CCN(C(=O)c4ccccc4C)CC3)c(Cl)c2)c(OC)c1. The number of carbonyl (C=O) groups is 2. The number of hydrogen-bond acceptors (Lipinski definition) is 5. The molecule has 182 valence electrons. The minimum absolute atomic E-state index is 0.0564. The van der Waals surface area contributed by atoms with E-state index in [1.165, 1.54) is 7.11 Å². The van der Waals surface area contributed by atoms with Crippen LogP contribution in [0, 0.1) is 6.92 Å². The minimum atomic E-state index is -0.309. The van der Waals surface area contributed by atoms with Gasteiger partial charge in [-0.15, -0.1) is 0 Å². The second kappa shape index (κ2) is 10.7. The molecule has 1 fully saturated rings. The molecule has 1 aliphatic heterocycles. The highest BCUT2D eigenvalue weighted by atomic mass is 35.5. The molecule has 3 aromatic carbocycles. The van der Waals surface area contributed by atoms with Gasteiger partial charge in [0.1, 0.15) is 11.5 Å². The summed E-state index contributed by atoms with van der Waals surface area (Å²) in [4.78, 5) is 29.7. The molecule has 1 N–H and O–H groups in total. The summed E-state index contributed by atoms with van der Waals surface area (Å²) in [5, 5.41) is 3.40. The van der Waals surface area contributed by atoms with Crippen molar-refractivity contribution >= 4 is 34.8 Å². The predicted molar refractivity (Wildman–Crippen MR) is 138 cm³/mol. The molecule has 0 radical (unpaired) electrons. The smallest absolute Gasteiger partial charge is 0.259 e. The fourth-order valence-corrected chi connectivity index (χ4v) is 4.46. The number of carbonyl (C=O) groups excluding carboxylic acids is 2. The van der Waals surface area contributed by atoms with Gasteiger partial charge in [-0.1, -0.05) is 29.8 Å². The Bertz CT molecular complexity index is 1240. The number of benzene rings is 3. The maximum atomic E-state index is 12.9. The summed E-state index contributed by atoms with van der Waals surface area (Å²) in [6, 6.07) is 18.1. The van der Waals surface area contributed by atoms with Gasteiger partial charge in [0.05, 0.1) is 30.5 Å². The van der Waals surface area contributed by atoms with E-state index in [2.05, 4.69) is 10.2 Å². The first-order valence-corrected chi connectivity index (χ1v) is 11.7. The monoisotopic (exact) mass is 493 g/mol. The number of ether oxygens (including phenoxy) is 2. The van der Waals surface area contributed by atoms with Gasteiger partial charge in [0.25, 0.3) is 11.8 Å². The van der Waals surface area contributed by atoms with Crippen LogP contribution in [0.4, 0.5) is 11.4 Å². The molecule has 0 unspecified atom stereocenters. The molecule has 2 amide bonds. The molecule has 7 nitrogen and oxygen atoms in total. The van der Waals surface area contributed by atoms with Gasteiger partial charge in [-0.3, -0.25) is 9.59 Å². The maximum absolute atomic E-state index is 12.9. The number of halogens is 1. The lowest BCUT2D eigenvalue weighted by atomic mass is 10.1. The number of nitrogens with zero attached hydrogens (tertiary/aromatic N) is 2. The van der Waals surface area contributed by atoms with E-state index in [4.69, 9.17) is 21.1 Å². The van der Waals surface area contributed by atoms with Crippen molar-refractivity contribution in [3.63, 3.8) is 0 Å². The zero-order valence-electron chi connectivity index (χ0n) is 20.0. The first-order valence-electron chi connectivity index (χ1n) is 11.3. The fraction of sp³-hybridized carbons (Fsp3) is 0.259. The summed E-state index contributed by atoms with van der Waals surface area (Å²) in [6.07, 6.45) is 0. The quantitative estimate of drug-likeness (QED) is 0.530.